The number of carbonyl (C=O) groups is 2. The number of benzene rings is 2. The Hall–Kier alpha value is -4.26. The van der Waals surface area contributed by atoms with Gasteiger partial charge in [0, 0.05) is 12.6 Å². The fourth-order valence-corrected chi connectivity index (χ4v) is 4.67. The van der Waals surface area contributed by atoms with Gasteiger partial charge in [-0.3, -0.25) is 14.9 Å². The van der Waals surface area contributed by atoms with E-state index in [1.54, 1.807) is 0 Å². The first-order chi connectivity index (χ1) is 17.7. The summed E-state index contributed by atoms with van der Waals surface area (Å²) >= 11 is 0. The molecule has 13 nitrogen and oxygen atoms in total. The molecule has 2 aliphatic heterocycles. The summed E-state index contributed by atoms with van der Waals surface area (Å²) < 4.78 is 26.5. The summed E-state index contributed by atoms with van der Waals surface area (Å²) in [4.78, 5) is 40.3. The molecular weight excluding hydrogens is 490 g/mol. The zero-order valence-electron chi connectivity index (χ0n) is 20.8. The molecule has 1 N–H and O–H groups in total. The minimum atomic E-state index is -1.43. The molecule has 4 rings (SSSR count). The maximum atomic E-state index is 13.4. The third-order valence-corrected chi connectivity index (χ3v) is 6.49. The molecule has 2 aromatic rings. The van der Waals surface area contributed by atoms with E-state index in [0.29, 0.717) is 19.4 Å². The van der Waals surface area contributed by atoms with Crippen molar-refractivity contribution in [2.45, 2.75) is 31.7 Å². The Bertz CT molecular complexity index is 1230. The Labute approximate surface area is 212 Å². The van der Waals surface area contributed by atoms with Crippen molar-refractivity contribution in [2.24, 2.45) is 0 Å². The van der Waals surface area contributed by atoms with Gasteiger partial charge in [-0.15, -0.1) is 0 Å². The van der Waals surface area contributed by atoms with Gasteiger partial charge in [0.1, 0.15) is 6.61 Å². The second-order valence-electron chi connectivity index (χ2n) is 8.36. The molecule has 1 unspecified atom stereocenters. The number of aliphatic hydroxyl groups is 1. The van der Waals surface area contributed by atoms with E-state index >= 15 is 0 Å². The molecule has 2 aliphatic rings. The van der Waals surface area contributed by atoms with Crippen molar-refractivity contribution < 1.29 is 43.3 Å². The number of nitro groups is 1. The van der Waals surface area contributed by atoms with Gasteiger partial charge in [0.25, 0.3) is 11.6 Å². The highest BCUT2D eigenvalue weighted by molar-refractivity contribution is 6.06. The van der Waals surface area contributed by atoms with E-state index in [1.807, 2.05) is 0 Å². The molecule has 0 aromatic heterocycles. The Morgan fingerprint density at radius 2 is 1.62 bits per heavy atom. The molecule has 0 radical (unpaired) electrons. The standard InChI is InChI=1S/C24H27N3O10/c1-33-18-8-13(16(27(31)32)10-20(18)35-3)12-37-24(30)26-17-11-21(36-4)19(34-2)9-14(17)22(28)25-7-5-6-15(25)23(26)29/h8-11,15,23,29H,5-7,12H2,1-4H3/t15?,23-/m0/s1. The van der Waals surface area contributed by atoms with Crippen LogP contribution in [0.5, 0.6) is 23.0 Å². The topological polar surface area (TPSA) is 150 Å². The molecule has 37 heavy (non-hydrogen) atoms. The SMILES string of the molecule is COc1cc(COC(=O)N2c3cc(OC)c(OC)cc3C(=O)N3CCCC3[C@@H]2O)c([N+](=O)[O-])cc1OC. The molecule has 0 spiro atoms. The highest BCUT2D eigenvalue weighted by Crippen LogP contribution is 2.41. The van der Waals surface area contributed by atoms with Crippen LogP contribution in [0.15, 0.2) is 24.3 Å². The second-order valence-corrected chi connectivity index (χ2v) is 8.36. The molecule has 0 aliphatic carbocycles. The van der Waals surface area contributed by atoms with Crippen molar-refractivity contribution in [1.82, 2.24) is 4.90 Å². The van der Waals surface area contributed by atoms with Gasteiger partial charge >= 0.3 is 6.09 Å². The van der Waals surface area contributed by atoms with Gasteiger partial charge < -0.3 is 33.7 Å². The normalized spacial score (nSPS) is 18.5. The lowest BCUT2D eigenvalue weighted by atomic mass is 10.1. The number of rotatable bonds is 7. The highest BCUT2D eigenvalue weighted by Gasteiger charge is 2.45. The number of carbonyl (C=O) groups excluding carboxylic acids is 2. The lowest BCUT2D eigenvalue weighted by Crippen LogP contribution is -2.50. The zero-order valence-corrected chi connectivity index (χ0v) is 20.8. The van der Waals surface area contributed by atoms with Crippen LogP contribution in [0, 0.1) is 10.1 Å². The van der Waals surface area contributed by atoms with E-state index in [0.717, 1.165) is 4.90 Å². The Balaban J connectivity index is 1.73. The molecule has 0 saturated carbocycles. The van der Waals surface area contributed by atoms with Crippen molar-refractivity contribution in [3.05, 3.63) is 45.5 Å². The number of amides is 2. The first-order valence-electron chi connectivity index (χ1n) is 11.4. The third kappa shape index (κ3) is 4.53. The summed E-state index contributed by atoms with van der Waals surface area (Å²) in [5, 5.41) is 22.9. The Morgan fingerprint density at radius 1 is 1.03 bits per heavy atom. The molecular formula is C24H27N3O10. The largest absolute Gasteiger partial charge is 0.493 e. The van der Waals surface area contributed by atoms with Gasteiger partial charge in [0.15, 0.2) is 29.2 Å². The highest BCUT2D eigenvalue weighted by atomic mass is 16.6. The smallest absolute Gasteiger partial charge is 0.416 e. The number of methoxy groups -OCH3 is 4. The summed E-state index contributed by atoms with van der Waals surface area (Å²) in [6.45, 7) is -0.0985. The second kappa shape index (κ2) is 10.4. The lowest BCUT2D eigenvalue weighted by Gasteiger charge is -2.31. The van der Waals surface area contributed by atoms with Crippen LogP contribution in [-0.4, -0.2) is 74.2 Å². The number of anilines is 1. The number of aliphatic hydroxyl groups excluding tert-OH is 1. The molecule has 13 heteroatoms. The van der Waals surface area contributed by atoms with E-state index in [2.05, 4.69) is 0 Å². The maximum Gasteiger partial charge on any atom is 0.416 e. The van der Waals surface area contributed by atoms with E-state index < -0.39 is 29.9 Å². The molecule has 2 aromatic carbocycles. The number of fused-ring (bicyclic) bond motifs is 2. The summed E-state index contributed by atoms with van der Waals surface area (Å²) in [5.41, 5.74) is -0.108. The first kappa shape index (κ1) is 25.8. The molecule has 1 saturated heterocycles. The van der Waals surface area contributed by atoms with Crippen LogP contribution in [-0.2, 0) is 11.3 Å². The van der Waals surface area contributed by atoms with Crippen LogP contribution in [0.3, 0.4) is 0 Å². The third-order valence-electron chi connectivity index (χ3n) is 6.49. The van der Waals surface area contributed by atoms with Crippen LogP contribution in [0.4, 0.5) is 16.2 Å². The van der Waals surface area contributed by atoms with E-state index in [4.69, 9.17) is 23.7 Å². The summed E-state index contributed by atoms with van der Waals surface area (Å²) in [6, 6.07) is 4.71. The lowest BCUT2D eigenvalue weighted by molar-refractivity contribution is -0.385. The summed E-state index contributed by atoms with van der Waals surface area (Å²) in [7, 11) is 5.53. The van der Waals surface area contributed by atoms with Gasteiger partial charge in [-0.2, -0.15) is 0 Å². The number of hydrogen-bond acceptors (Lipinski definition) is 10. The van der Waals surface area contributed by atoms with Gasteiger partial charge in [-0.1, -0.05) is 0 Å². The van der Waals surface area contributed by atoms with Crippen LogP contribution in [0.25, 0.3) is 0 Å². The summed E-state index contributed by atoms with van der Waals surface area (Å²) in [6.07, 6.45) is -1.32. The number of nitro benzene ring substituents is 1. The molecule has 0 bridgehead atoms. The van der Waals surface area contributed by atoms with Crippen molar-refractivity contribution in [3.63, 3.8) is 0 Å². The van der Waals surface area contributed by atoms with Crippen LogP contribution >= 0.6 is 0 Å². The molecule has 2 atom stereocenters. The molecule has 1 fully saturated rings. The van der Waals surface area contributed by atoms with Crippen LogP contribution in [0.1, 0.15) is 28.8 Å². The van der Waals surface area contributed by atoms with Crippen molar-refractivity contribution in [2.75, 3.05) is 39.9 Å². The number of hydrogen-bond donors (Lipinski definition) is 1. The molecule has 2 amide bonds. The van der Waals surface area contributed by atoms with E-state index in [9.17, 15) is 24.8 Å². The monoisotopic (exact) mass is 517 g/mol. The maximum absolute atomic E-state index is 13.4. The first-order valence-corrected chi connectivity index (χ1v) is 11.4. The number of nitrogens with zero attached hydrogens (tertiary/aromatic N) is 3. The Morgan fingerprint density at radius 3 is 2.24 bits per heavy atom. The summed E-state index contributed by atoms with van der Waals surface area (Å²) in [5.74, 6) is 0.487. The Kier molecular flexibility index (Phi) is 7.25. The van der Waals surface area contributed by atoms with Crippen LogP contribution < -0.4 is 23.8 Å². The van der Waals surface area contributed by atoms with Gasteiger partial charge in [0.2, 0.25) is 0 Å². The average molecular weight is 517 g/mol. The van der Waals surface area contributed by atoms with Gasteiger partial charge in [-0.25, -0.2) is 9.69 Å². The minimum absolute atomic E-state index is 0.0476. The molecule has 198 valence electrons. The predicted octanol–water partition coefficient (Wildman–Crippen LogP) is 2.71. The van der Waals surface area contributed by atoms with Crippen LogP contribution in [0.2, 0.25) is 0 Å². The zero-order chi connectivity index (χ0) is 26.9. The number of ether oxygens (including phenoxy) is 5. The fraction of sp³-hybridized carbons (Fsp3) is 0.417. The predicted molar refractivity (Wildman–Crippen MR) is 128 cm³/mol. The fourth-order valence-electron chi connectivity index (χ4n) is 4.67. The quantitative estimate of drug-likeness (QED) is 0.429. The van der Waals surface area contributed by atoms with E-state index in [-0.39, 0.29) is 51.4 Å². The average Bonchev–Trinajstić information content (AvgIpc) is 3.38. The van der Waals surface area contributed by atoms with Crippen molar-refractivity contribution >= 4 is 23.4 Å². The van der Waals surface area contributed by atoms with Gasteiger partial charge in [-0.05, 0) is 25.0 Å². The molecule has 2 heterocycles. The van der Waals surface area contributed by atoms with Gasteiger partial charge in [0.05, 0.1) is 62.3 Å². The minimum Gasteiger partial charge on any atom is -0.493 e. The van der Waals surface area contributed by atoms with E-state index in [1.165, 1.54) is 57.6 Å². The van der Waals surface area contributed by atoms with Crippen molar-refractivity contribution in [1.29, 1.82) is 0 Å². The van der Waals surface area contributed by atoms with Crippen molar-refractivity contribution in [3.8, 4) is 23.0 Å².